The minimum absolute atomic E-state index is 0. The highest BCUT2D eigenvalue weighted by atomic mass is 127. The van der Waals surface area contributed by atoms with E-state index in [2.05, 4.69) is 50.2 Å². The van der Waals surface area contributed by atoms with E-state index in [9.17, 15) is 0 Å². The number of nitrogens with one attached hydrogen (secondary N) is 2. The van der Waals surface area contributed by atoms with E-state index in [0.717, 1.165) is 51.9 Å². The smallest absolute Gasteiger partial charge is 0.193 e. The van der Waals surface area contributed by atoms with Crippen molar-refractivity contribution in [3.8, 4) is 0 Å². The molecule has 1 rings (SSSR count). The van der Waals surface area contributed by atoms with Gasteiger partial charge in [-0.25, -0.2) is 0 Å². The fourth-order valence-corrected chi connectivity index (χ4v) is 2.46. The summed E-state index contributed by atoms with van der Waals surface area (Å²) in [6, 6.07) is 0. The second-order valence-electron chi connectivity index (χ2n) is 6.67. The minimum Gasteiger partial charge on any atom is -0.381 e. The lowest BCUT2D eigenvalue weighted by molar-refractivity contribution is 0.114. The molecule has 132 valence electrons. The van der Waals surface area contributed by atoms with Gasteiger partial charge in [-0.2, -0.15) is 0 Å². The highest BCUT2D eigenvalue weighted by Gasteiger charge is 2.24. The average molecular weight is 426 g/mol. The van der Waals surface area contributed by atoms with E-state index in [1.54, 1.807) is 0 Å². The summed E-state index contributed by atoms with van der Waals surface area (Å²) in [6.45, 7) is 17.2. The number of likely N-dealkylation sites (tertiary alicyclic amines) is 1. The largest absolute Gasteiger partial charge is 0.381 e. The first-order chi connectivity index (χ1) is 9.96. The molecule has 6 heteroatoms. The van der Waals surface area contributed by atoms with E-state index in [4.69, 9.17) is 9.73 Å². The van der Waals surface area contributed by atoms with Gasteiger partial charge in [-0.3, -0.25) is 4.99 Å². The standard InChI is InChI=1S/C16H34N4O.HI/c1-6-17-15(18-9-10-19-16(3,4)5)20-11-8-14(12-20)13-21-7-2;/h14,19H,6-13H2,1-5H3,(H,17,18);1H. The molecule has 5 nitrogen and oxygen atoms in total. The molecule has 1 heterocycles. The van der Waals surface area contributed by atoms with Gasteiger partial charge in [-0.15, -0.1) is 24.0 Å². The van der Waals surface area contributed by atoms with Gasteiger partial charge in [0.1, 0.15) is 0 Å². The lowest BCUT2D eigenvalue weighted by Crippen LogP contribution is -2.41. The Balaban J connectivity index is 0.00000441. The molecular formula is C16H35IN4O. The minimum atomic E-state index is 0. The molecule has 0 aromatic rings. The molecule has 0 amide bonds. The van der Waals surface area contributed by atoms with Crippen LogP contribution in [0.15, 0.2) is 4.99 Å². The molecule has 0 spiro atoms. The number of ether oxygens (including phenoxy) is 1. The Bertz CT molecular complexity index is 318. The highest BCUT2D eigenvalue weighted by molar-refractivity contribution is 14.0. The van der Waals surface area contributed by atoms with E-state index >= 15 is 0 Å². The van der Waals surface area contributed by atoms with Gasteiger partial charge in [0.2, 0.25) is 0 Å². The average Bonchev–Trinajstić information content (AvgIpc) is 2.87. The van der Waals surface area contributed by atoms with Crippen LogP contribution in [0, 0.1) is 5.92 Å². The summed E-state index contributed by atoms with van der Waals surface area (Å²) in [5, 5.41) is 6.88. The highest BCUT2D eigenvalue weighted by Crippen LogP contribution is 2.16. The first kappa shape index (κ1) is 21.9. The SMILES string of the molecule is CCNC(=NCCNC(C)(C)C)N1CCC(COCC)C1.I. The predicted molar refractivity (Wildman–Crippen MR) is 105 cm³/mol. The monoisotopic (exact) mass is 426 g/mol. The van der Waals surface area contributed by atoms with E-state index in [1.807, 2.05) is 0 Å². The van der Waals surface area contributed by atoms with Crippen molar-refractivity contribution in [2.24, 2.45) is 10.9 Å². The van der Waals surface area contributed by atoms with Crippen molar-refractivity contribution >= 4 is 29.9 Å². The predicted octanol–water partition coefficient (Wildman–Crippen LogP) is 2.32. The Kier molecular flexibility index (Phi) is 11.4. The zero-order chi connectivity index (χ0) is 15.7. The van der Waals surface area contributed by atoms with Gasteiger partial charge in [-0.1, -0.05) is 0 Å². The Labute approximate surface area is 153 Å². The third kappa shape index (κ3) is 9.15. The molecule has 1 unspecified atom stereocenters. The van der Waals surface area contributed by atoms with Crippen LogP contribution in [0.4, 0.5) is 0 Å². The molecule has 0 aliphatic carbocycles. The van der Waals surface area contributed by atoms with Gasteiger partial charge in [-0.05, 0) is 41.0 Å². The van der Waals surface area contributed by atoms with Crippen molar-refractivity contribution in [2.75, 3.05) is 45.9 Å². The molecule has 0 aromatic heterocycles. The second kappa shape index (κ2) is 11.5. The summed E-state index contributed by atoms with van der Waals surface area (Å²) in [5.74, 6) is 1.69. The van der Waals surface area contributed by atoms with Crippen molar-refractivity contribution in [3.05, 3.63) is 0 Å². The van der Waals surface area contributed by atoms with Gasteiger partial charge in [0.05, 0.1) is 13.2 Å². The van der Waals surface area contributed by atoms with Crippen molar-refractivity contribution in [1.29, 1.82) is 0 Å². The van der Waals surface area contributed by atoms with Crippen LogP contribution in [0.1, 0.15) is 41.0 Å². The zero-order valence-corrected chi connectivity index (χ0v) is 17.3. The normalized spacial score (nSPS) is 19.2. The van der Waals surface area contributed by atoms with Crippen molar-refractivity contribution < 1.29 is 4.74 Å². The summed E-state index contributed by atoms with van der Waals surface area (Å²) in [4.78, 5) is 7.11. The van der Waals surface area contributed by atoms with Gasteiger partial charge >= 0.3 is 0 Å². The molecule has 1 saturated heterocycles. The fraction of sp³-hybridized carbons (Fsp3) is 0.938. The zero-order valence-electron chi connectivity index (χ0n) is 14.9. The fourth-order valence-electron chi connectivity index (χ4n) is 2.46. The molecule has 1 fully saturated rings. The summed E-state index contributed by atoms with van der Waals surface area (Å²) in [5.41, 5.74) is 0.157. The Morgan fingerprint density at radius 1 is 1.32 bits per heavy atom. The van der Waals surface area contributed by atoms with Crippen LogP contribution in [0.3, 0.4) is 0 Å². The van der Waals surface area contributed by atoms with Crippen LogP contribution in [-0.2, 0) is 4.74 Å². The molecule has 0 radical (unpaired) electrons. The van der Waals surface area contributed by atoms with Crippen molar-refractivity contribution in [1.82, 2.24) is 15.5 Å². The molecule has 1 aliphatic rings. The molecule has 0 saturated carbocycles. The van der Waals surface area contributed by atoms with Crippen LogP contribution in [-0.4, -0.2) is 62.3 Å². The Morgan fingerprint density at radius 3 is 2.64 bits per heavy atom. The number of halogens is 1. The number of aliphatic imine (C=N–C) groups is 1. The summed E-state index contributed by atoms with van der Waals surface area (Å²) in [6.07, 6.45) is 1.20. The number of nitrogens with zero attached hydrogens (tertiary/aromatic N) is 2. The quantitative estimate of drug-likeness (QED) is 0.284. The molecule has 0 aromatic carbocycles. The lowest BCUT2D eigenvalue weighted by atomic mass is 10.1. The molecule has 2 N–H and O–H groups in total. The number of rotatable bonds is 7. The van der Waals surface area contributed by atoms with Gasteiger partial charge in [0.25, 0.3) is 0 Å². The maximum atomic E-state index is 5.54. The molecule has 22 heavy (non-hydrogen) atoms. The Hall–Kier alpha value is -0.0800. The third-order valence-corrected chi connectivity index (χ3v) is 3.51. The molecule has 1 aliphatic heterocycles. The molecule has 1 atom stereocenters. The number of hydrogen-bond donors (Lipinski definition) is 2. The number of hydrogen-bond acceptors (Lipinski definition) is 3. The van der Waals surface area contributed by atoms with Crippen molar-refractivity contribution in [3.63, 3.8) is 0 Å². The first-order valence-corrected chi connectivity index (χ1v) is 8.32. The van der Waals surface area contributed by atoms with E-state index < -0.39 is 0 Å². The van der Waals surface area contributed by atoms with Crippen LogP contribution in [0.2, 0.25) is 0 Å². The maximum Gasteiger partial charge on any atom is 0.193 e. The lowest BCUT2D eigenvalue weighted by Gasteiger charge is -2.23. The first-order valence-electron chi connectivity index (χ1n) is 8.32. The van der Waals surface area contributed by atoms with Crippen LogP contribution < -0.4 is 10.6 Å². The summed E-state index contributed by atoms with van der Waals surface area (Å²) in [7, 11) is 0. The van der Waals surface area contributed by atoms with E-state index in [-0.39, 0.29) is 29.5 Å². The Morgan fingerprint density at radius 2 is 2.05 bits per heavy atom. The van der Waals surface area contributed by atoms with Crippen LogP contribution in [0.25, 0.3) is 0 Å². The van der Waals surface area contributed by atoms with Gasteiger partial charge in [0, 0.05) is 44.2 Å². The molecule has 0 bridgehead atoms. The maximum absolute atomic E-state index is 5.54. The van der Waals surface area contributed by atoms with Crippen LogP contribution >= 0.6 is 24.0 Å². The van der Waals surface area contributed by atoms with Gasteiger partial charge in [0.15, 0.2) is 5.96 Å². The number of guanidine groups is 1. The van der Waals surface area contributed by atoms with Crippen molar-refractivity contribution in [2.45, 2.75) is 46.6 Å². The third-order valence-electron chi connectivity index (χ3n) is 3.51. The van der Waals surface area contributed by atoms with E-state index in [1.165, 1.54) is 6.42 Å². The van der Waals surface area contributed by atoms with Crippen LogP contribution in [0.5, 0.6) is 0 Å². The van der Waals surface area contributed by atoms with E-state index in [0.29, 0.717) is 5.92 Å². The molecular weight excluding hydrogens is 391 g/mol. The summed E-state index contributed by atoms with van der Waals surface area (Å²) >= 11 is 0. The summed E-state index contributed by atoms with van der Waals surface area (Å²) < 4.78 is 5.54. The van der Waals surface area contributed by atoms with Gasteiger partial charge < -0.3 is 20.3 Å². The topological polar surface area (TPSA) is 48.9 Å². The second-order valence-corrected chi connectivity index (χ2v) is 6.67.